The minimum Gasteiger partial charge on any atom is -0.493 e. The number of thiophene rings is 1. The molecule has 3 N–H and O–H groups in total. The van der Waals surface area contributed by atoms with E-state index in [-0.39, 0.29) is 5.91 Å². The zero-order valence-electron chi connectivity index (χ0n) is 17.5. The Morgan fingerprint density at radius 2 is 1.87 bits per heavy atom. The molecule has 0 fully saturated rings. The summed E-state index contributed by atoms with van der Waals surface area (Å²) in [6.07, 6.45) is 0. The lowest BCUT2D eigenvalue weighted by Gasteiger charge is -2.22. The molecule has 7 nitrogen and oxygen atoms in total. The summed E-state index contributed by atoms with van der Waals surface area (Å²) in [5.74, 6) is 1.18. The van der Waals surface area contributed by atoms with E-state index in [0.29, 0.717) is 42.4 Å². The van der Waals surface area contributed by atoms with Crippen molar-refractivity contribution < 1.29 is 19.1 Å². The molecule has 0 spiro atoms. The summed E-state index contributed by atoms with van der Waals surface area (Å²) in [6.45, 7) is 3.38. The number of rotatable bonds is 9. The van der Waals surface area contributed by atoms with E-state index < -0.39 is 6.03 Å². The van der Waals surface area contributed by atoms with Crippen molar-refractivity contribution in [2.45, 2.75) is 20.1 Å². The van der Waals surface area contributed by atoms with Gasteiger partial charge in [0, 0.05) is 29.2 Å². The lowest BCUT2D eigenvalue weighted by atomic mass is 10.1. The van der Waals surface area contributed by atoms with Gasteiger partial charge in [-0.15, -0.1) is 11.3 Å². The van der Waals surface area contributed by atoms with Gasteiger partial charge in [-0.05, 0) is 60.3 Å². The van der Waals surface area contributed by atoms with Crippen molar-refractivity contribution in [3.8, 4) is 11.5 Å². The number of nitrogens with one attached hydrogen (secondary N) is 1. The monoisotopic (exact) mass is 439 g/mol. The van der Waals surface area contributed by atoms with Crippen LogP contribution in [0, 0.1) is 0 Å². The number of hydrogen-bond donors (Lipinski definition) is 2. The van der Waals surface area contributed by atoms with Crippen LogP contribution in [-0.4, -0.2) is 30.5 Å². The number of carbonyl (C=O) groups excluding carboxylic acids is 2. The van der Waals surface area contributed by atoms with Gasteiger partial charge in [0.15, 0.2) is 11.5 Å². The molecule has 0 saturated carbocycles. The largest absolute Gasteiger partial charge is 0.493 e. The van der Waals surface area contributed by atoms with E-state index in [2.05, 4.69) is 5.32 Å². The number of carbonyl (C=O) groups is 2. The Hall–Kier alpha value is -3.52. The highest BCUT2D eigenvalue weighted by molar-refractivity contribution is 7.09. The van der Waals surface area contributed by atoms with Crippen LogP contribution in [0.5, 0.6) is 11.5 Å². The third-order valence-electron chi connectivity index (χ3n) is 4.62. The maximum Gasteiger partial charge on any atom is 0.316 e. The van der Waals surface area contributed by atoms with Gasteiger partial charge in [0.25, 0.3) is 5.91 Å². The predicted molar refractivity (Wildman–Crippen MR) is 122 cm³/mol. The second-order valence-electron chi connectivity index (χ2n) is 6.74. The van der Waals surface area contributed by atoms with Crippen LogP contribution in [0.15, 0.2) is 60.0 Å². The SMILES string of the molecule is CCN(Cc1ccc(OCc2cccs2)c(OC)c1)C(=O)c1ccc(NC(N)=O)cc1. The summed E-state index contributed by atoms with van der Waals surface area (Å²) in [6, 6.07) is 15.7. The molecule has 0 saturated heterocycles. The number of urea groups is 1. The number of amides is 3. The van der Waals surface area contributed by atoms with E-state index in [1.165, 1.54) is 0 Å². The standard InChI is InChI=1S/C23H25N3O4S/c1-3-26(22(27)17-7-9-18(10-8-17)25-23(24)28)14-16-6-11-20(21(13-16)29-2)30-15-19-5-4-12-31-19/h4-13H,3,14-15H2,1-2H3,(H3,24,25,28). The summed E-state index contributed by atoms with van der Waals surface area (Å²) in [4.78, 5) is 26.7. The Kier molecular flexibility index (Phi) is 7.50. The first kappa shape index (κ1) is 22.2. The van der Waals surface area contributed by atoms with Crippen LogP contribution in [0.1, 0.15) is 27.7 Å². The molecule has 31 heavy (non-hydrogen) atoms. The van der Waals surface area contributed by atoms with Crippen molar-refractivity contribution >= 4 is 29.0 Å². The highest BCUT2D eigenvalue weighted by atomic mass is 32.1. The molecule has 1 heterocycles. The van der Waals surface area contributed by atoms with Gasteiger partial charge in [-0.1, -0.05) is 12.1 Å². The number of primary amides is 1. The van der Waals surface area contributed by atoms with Gasteiger partial charge >= 0.3 is 6.03 Å². The van der Waals surface area contributed by atoms with Gasteiger partial charge in [0.1, 0.15) is 6.61 Å². The van der Waals surface area contributed by atoms with E-state index >= 15 is 0 Å². The fourth-order valence-electron chi connectivity index (χ4n) is 3.04. The first-order valence-electron chi connectivity index (χ1n) is 9.78. The Labute approximate surface area is 185 Å². The molecular formula is C23H25N3O4S. The highest BCUT2D eigenvalue weighted by Crippen LogP contribution is 2.30. The summed E-state index contributed by atoms with van der Waals surface area (Å²) in [5, 5.41) is 4.49. The molecule has 8 heteroatoms. The van der Waals surface area contributed by atoms with Crippen molar-refractivity contribution in [1.82, 2.24) is 4.90 Å². The molecule has 0 radical (unpaired) electrons. The molecule has 3 aromatic rings. The summed E-state index contributed by atoms with van der Waals surface area (Å²) >= 11 is 1.64. The summed E-state index contributed by atoms with van der Waals surface area (Å²) in [7, 11) is 1.60. The third kappa shape index (κ3) is 5.99. The van der Waals surface area contributed by atoms with E-state index in [1.807, 2.05) is 42.6 Å². The van der Waals surface area contributed by atoms with Gasteiger partial charge in [0.2, 0.25) is 0 Å². The zero-order chi connectivity index (χ0) is 22.2. The van der Waals surface area contributed by atoms with Crippen LogP contribution in [0.3, 0.4) is 0 Å². The van der Waals surface area contributed by atoms with Crippen LogP contribution in [0.25, 0.3) is 0 Å². The first-order chi connectivity index (χ1) is 15.0. The fourth-order valence-corrected chi connectivity index (χ4v) is 3.66. The molecule has 1 aromatic heterocycles. The molecule has 0 atom stereocenters. The van der Waals surface area contributed by atoms with Gasteiger partial charge in [0.05, 0.1) is 7.11 Å². The Morgan fingerprint density at radius 3 is 2.48 bits per heavy atom. The average molecular weight is 440 g/mol. The fraction of sp³-hybridized carbons (Fsp3) is 0.217. The molecule has 0 aliphatic heterocycles. The van der Waals surface area contributed by atoms with Crippen LogP contribution >= 0.6 is 11.3 Å². The van der Waals surface area contributed by atoms with Crippen LogP contribution in [0.4, 0.5) is 10.5 Å². The smallest absolute Gasteiger partial charge is 0.316 e. The van der Waals surface area contributed by atoms with Crippen molar-refractivity contribution in [2.75, 3.05) is 19.0 Å². The number of nitrogens with zero attached hydrogens (tertiary/aromatic N) is 1. The van der Waals surface area contributed by atoms with Gasteiger partial charge in [-0.25, -0.2) is 4.79 Å². The van der Waals surface area contributed by atoms with Crippen LogP contribution in [0.2, 0.25) is 0 Å². The number of hydrogen-bond acceptors (Lipinski definition) is 5. The maximum absolute atomic E-state index is 12.9. The molecule has 0 aliphatic carbocycles. The number of benzene rings is 2. The van der Waals surface area contributed by atoms with Crippen LogP contribution in [-0.2, 0) is 13.2 Å². The lowest BCUT2D eigenvalue weighted by molar-refractivity contribution is 0.0752. The Balaban J connectivity index is 1.68. The zero-order valence-corrected chi connectivity index (χ0v) is 18.3. The van der Waals surface area contributed by atoms with Gasteiger partial charge in [-0.2, -0.15) is 0 Å². The second kappa shape index (κ2) is 10.5. The number of nitrogens with two attached hydrogens (primary N) is 1. The van der Waals surface area contributed by atoms with Gasteiger partial charge in [-0.3, -0.25) is 4.79 Å². The van der Waals surface area contributed by atoms with Gasteiger partial charge < -0.3 is 25.4 Å². The topological polar surface area (TPSA) is 93.9 Å². The quantitative estimate of drug-likeness (QED) is 0.514. The highest BCUT2D eigenvalue weighted by Gasteiger charge is 2.16. The minimum absolute atomic E-state index is 0.106. The van der Waals surface area contributed by atoms with Crippen molar-refractivity contribution in [2.24, 2.45) is 5.73 Å². The number of anilines is 1. The normalized spacial score (nSPS) is 10.4. The summed E-state index contributed by atoms with van der Waals surface area (Å²) < 4.78 is 11.4. The lowest BCUT2D eigenvalue weighted by Crippen LogP contribution is -2.30. The molecule has 3 amide bonds. The second-order valence-corrected chi connectivity index (χ2v) is 7.77. The molecule has 0 unspecified atom stereocenters. The number of ether oxygens (including phenoxy) is 2. The predicted octanol–water partition coefficient (Wildman–Crippen LogP) is 4.49. The minimum atomic E-state index is -0.647. The molecular weight excluding hydrogens is 414 g/mol. The molecule has 162 valence electrons. The average Bonchev–Trinajstić information content (AvgIpc) is 3.29. The molecule has 0 aliphatic rings. The van der Waals surface area contributed by atoms with E-state index in [1.54, 1.807) is 47.6 Å². The first-order valence-corrected chi connectivity index (χ1v) is 10.7. The summed E-state index contributed by atoms with van der Waals surface area (Å²) in [5.41, 5.74) is 7.11. The third-order valence-corrected chi connectivity index (χ3v) is 5.47. The maximum atomic E-state index is 12.9. The Morgan fingerprint density at radius 1 is 1.10 bits per heavy atom. The molecule has 2 aromatic carbocycles. The number of methoxy groups -OCH3 is 1. The molecule has 0 bridgehead atoms. The van der Waals surface area contributed by atoms with Crippen molar-refractivity contribution in [3.63, 3.8) is 0 Å². The van der Waals surface area contributed by atoms with E-state index in [0.717, 1.165) is 10.4 Å². The van der Waals surface area contributed by atoms with E-state index in [4.69, 9.17) is 15.2 Å². The van der Waals surface area contributed by atoms with Crippen molar-refractivity contribution in [3.05, 3.63) is 76.0 Å². The Bertz CT molecular complexity index is 1020. The van der Waals surface area contributed by atoms with Crippen molar-refractivity contribution in [1.29, 1.82) is 0 Å². The molecule has 3 rings (SSSR count). The van der Waals surface area contributed by atoms with Crippen LogP contribution < -0.4 is 20.5 Å². The van der Waals surface area contributed by atoms with E-state index in [9.17, 15) is 9.59 Å².